The van der Waals surface area contributed by atoms with Crippen LogP contribution in [0.1, 0.15) is 81.5 Å². The minimum atomic E-state index is -0.133. The fraction of sp³-hybridized carbons (Fsp3) is 0.340. The molecule has 254 valence electrons. The van der Waals surface area contributed by atoms with E-state index in [0.717, 1.165) is 37.2 Å². The van der Waals surface area contributed by atoms with Crippen molar-refractivity contribution < 1.29 is 9.31 Å². The molecule has 0 aromatic heterocycles. The molecule has 0 N–H and O–H groups in total. The molecule has 4 aromatic carbocycles. The molecule has 4 aromatic rings. The summed E-state index contributed by atoms with van der Waals surface area (Å²) in [6, 6.07) is 31.5. The molecule has 50 heavy (non-hydrogen) atoms. The van der Waals surface area contributed by atoms with Gasteiger partial charge >= 0.3 is 0 Å². The molecule has 2 aliphatic carbocycles. The summed E-state index contributed by atoms with van der Waals surface area (Å²) in [5, 5.41) is 2.64. The van der Waals surface area contributed by atoms with E-state index in [0.29, 0.717) is 12.0 Å². The Hall–Kier alpha value is -4.63. The van der Waals surface area contributed by atoms with Gasteiger partial charge in [0.25, 0.3) is 0 Å². The number of nitrogens with zero attached hydrogens (tertiary/aromatic N) is 2. The Balaban J connectivity index is 1.19. The first-order valence-corrected chi connectivity index (χ1v) is 18.6. The second-order valence-corrected chi connectivity index (χ2v) is 16.1. The van der Waals surface area contributed by atoms with E-state index in [1.54, 1.807) is 0 Å². The maximum absolute atomic E-state index is 6.88. The number of aryl methyl sites for hydroxylation is 2. The molecule has 2 heterocycles. The van der Waals surface area contributed by atoms with Crippen molar-refractivity contribution in [2.24, 2.45) is 5.41 Å². The first-order chi connectivity index (χ1) is 24.1. The van der Waals surface area contributed by atoms with Crippen molar-refractivity contribution in [1.82, 2.24) is 0 Å². The van der Waals surface area contributed by atoms with Gasteiger partial charge in [0.15, 0.2) is 11.8 Å². The number of anilines is 1. The fourth-order valence-corrected chi connectivity index (χ4v) is 9.78. The molecule has 4 aliphatic rings. The van der Waals surface area contributed by atoms with Crippen molar-refractivity contribution in [2.75, 3.05) is 19.0 Å². The molecule has 0 radical (unpaired) electrons. The van der Waals surface area contributed by atoms with Gasteiger partial charge in [-0.15, -0.1) is 0 Å². The van der Waals surface area contributed by atoms with Crippen LogP contribution in [0.15, 0.2) is 132 Å². The zero-order chi connectivity index (χ0) is 34.8. The molecule has 3 nitrogen and oxygen atoms in total. The first kappa shape index (κ1) is 32.6. The van der Waals surface area contributed by atoms with Gasteiger partial charge in [0.2, 0.25) is 0 Å². The van der Waals surface area contributed by atoms with Crippen molar-refractivity contribution in [2.45, 2.75) is 84.1 Å². The summed E-state index contributed by atoms with van der Waals surface area (Å²) < 4.78 is 9.46. The monoisotopic (exact) mass is 659 g/mol. The molecule has 0 bridgehead atoms. The average Bonchev–Trinajstić information content (AvgIpc) is 3.44. The van der Waals surface area contributed by atoms with Gasteiger partial charge in [0.1, 0.15) is 18.6 Å². The molecule has 2 unspecified atom stereocenters. The van der Waals surface area contributed by atoms with E-state index in [4.69, 9.17) is 4.74 Å². The number of likely N-dealkylation sites (N-methyl/N-ethyl adjacent to an activating group) is 2. The second kappa shape index (κ2) is 12.3. The zero-order valence-corrected chi connectivity index (χ0v) is 30.9. The third-order valence-corrected chi connectivity index (χ3v) is 12.3. The molecule has 3 heteroatoms. The SMILES string of the molecule is Cc1ccc(OC2=C(/C=C/C3=[N+](C)C4CCc5ccccc5C4C3(C)C)CCC/C2=C\C=C2\N(C)c3ccc4ccccc4c3C2(C)C)cc1. The number of benzene rings is 4. The van der Waals surface area contributed by atoms with Gasteiger partial charge in [0.05, 0.1) is 11.3 Å². The number of hydrogen-bond acceptors (Lipinski definition) is 2. The second-order valence-electron chi connectivity index (χ2n) is 16.1. The highest BCUT2D eigenvalue weighted by molar-refractivity contribution is 5.98. The van der Waals surface area contributed by atoms with Crippen LogP contribution in [-0.4, -0.2) is 30.4 Å². The summed E-state index contributed by atoms with van der Waals surface area (Å²) in [6.45, 7) is 11.8. The smallest absolute Gasteiger partial charge is 0.182 e. The molecule has 0 spiro atoms. The van der Waals surface area contributed by atoms with E-state index in [-0.39, 0.29) is 10.8 Å². The van der Waals surface area contributed by atoms with E-state index in [1.165, 1.54) is 67.7 Å². The summed E-state index contributed by atoms with van der Waals surface area (Å²) >= 11 is 0. The van der Waals surface area contributed by atoms with Gasteiger partial charge < -0.3 is 9.64 Å². The number of allylic oxidation sites excluding steroid dienone is 7. The van der Waals surface area contributed by atoms with Gasteiger partial charge in [-0.05, 0) is 115 Å². The van der Waals surface area contributed by atoms with Gasteiger partial charge in [-0.25, -0.2) is 4.58 Å². The lowest BCUT2D eigenvalue weighted by molar-refractivity contribution is -0.533. The molecular weight excluding hydrogens is 609 g/mol. The Morgan fingerprint density at radius 2 is 1.58 bits per heavy atom. The molecule has 0 fully saturated rings. The van der Waals surface area contributed by atoms with E-state index in [2.05, 4.69) is 167 Å². The van der Waals surface area contributed by atoms with Crippen LogP contribution in [-0.2, 0) is 11.8 Å². The lowest BCUT2D eigenvalue weighted by Crippen LogP contribution is -2.34. The molecule has 0 saturated carbocycles. The van der Waals surface area contributed by atoms with Crippen molar-refractivity contribution in [3.63, 3.8) is 0 Å². The van der Waals surface area contributed by atoms with Crippen LogP contribution in [0, 0.1) is 12.3 Å². The minimum absolute atomic E-state index is 0.0283. The largest absolute Gasteiger partial charge is 0.457 e. The maximum Gasteiger partial charge on any atom is 0.182 e. The summed E-state index contributed by atoms with van der Waals surface area (Å²) in [6.07, 6.45) is 15.0. The third kappa shape index (κ3) is 5.29. The van der Waals surface area contributed by atoms with Gasteiger partial charge in [-0.3, -0.25) is 0 Å². The number of hydrogen-bond donors (Lipinski definition) is 0. The Morgan fingerprint density at radius 1 is 0.820 bits per heavy atom. The molecule has 0 amide bonds. The molecule has 8 rings (SSSR count). The zero-order valence-electron chi connectivity index (χ0n) is 30.9. The Morgan fingerprint density at radius 3 is 2.40 bits per heavy atom. The van der Waals surface area contributed by atoms with Gasteiger partial charge in [-0.1, -0.05) is 92.2 Å². The van der Waals surface area contributed by atoms with Crippen LogP contribution in [0.25, 0.3) is 10.8 Å². The summed E-state index contributed by atoms with van der Waals surface area (Å²) in [5.41, 5.74) is 12.2. The topological polar surface area (TPSA) is 15.5 Å². The quantitative estimate of drug-likeness (QED) is 0.198. The highest BCUT2D eigenvalue weighted by Crippen LogP contribution is 2.51. The van der Waals surface area contributed by atoms with E-state index in [1.807, 2.05) is 0 Å². The van der Waals surface area contributed by atoms with Crippen molar-refractivity contribution in [1.29, 1.82) is 0 Å². The van der Waals surface area contributed by atoms with Gasteiger partial charge in [0, 0.05) is 36.3 Å². The van der Waals surface area contributed by atoms with E-state index < -0.39 is 0 Å². The van der Waals surface area contributed by atoms with Crippen LogP contribution in [0.2, 0.25) is 0 Å². The van der Waals surface area contributed by atoms with E-state index in [9.17, 15) is 0 Å². The molecule has 2 atom stereocenters. The summed E-state index contributed by atoms with van der Waals surface area (Å²) in [7, 11) is 4.53. The van der Waals surface area contributed by atoms with Gasteiger partial charge in [-0.2, -0.15) is 0 Å². The summed E-state index contributed by atoms with van der Waals surface area (Å²) in [5.74, 6) is 2.40. The fourth-order valence-electron chi connectivity index (χ4n) is 9.78. The van der Waals surface area contributed by atoms with Crippen LogP contribution in [0.3, 0.4) is 0 Å². The molecule has 0 saturated heterocycles. The number of fused-ring (bicyclic) bond motifs is 6. The number of rotatable bonds is 5. The van der Waals surface area contributed by atoms with Crippen molar-refractivity contribution in [3.05, 3.63) is 154 Å². The third-order valence-electron chi connectivity index (χ3n) is 12.3. The Labute approximate surface area is 299 Å². The Kier molecular flexibility index (Phi) is 8.01. The minimum Gasteiger partial charge on any atom is -0.457 e. The standard InChI is InChI=1S/C47H51N2O/c1-31-19-25-36(26-20-31)50-45-34(23-29-41-46(2,3)43-37-17-10-8-13-32(37)21-27-39(43)48(41)6)15-12-16-35(45)24-30-42-47(4,5)44-38-18-11-9-14-33(38)22-28-40(44)49(42)7/h8-11,13-14,17-21,23-27,29-30,40,44H,12,15-16,22,28H2,1-7H3/q+1. The van der Waals surface area contributed by atoms with Crippen LogP contribution >= 0.6 is 0 Å². The van der Waals surface area contributed by atoms with E-state index >= 15 is 0 Å². The molecular formula is C47H51N2O+. The first-order valence-electron chi connectivity index (χ1n) is 18.6. The predicted molar refractivity (Wildman–Crippen MR) is 210 cm³/mol. The maximum atomic E-state index is 6.88. The number of ether oxygens (including phenoxy) is 1. The summed E-state index contributed by atoms with van der Waals surface area (Å²) in [4.78, 5) is 2.39. The van der Waals surface area contributed by atoms with Crippen LogP contribution in [0.4, 0.5) is 5.69 Å². The highest BCUT2D eigenvalue weighted by atomic mass is 16.5. The average molecular weight is 660 g/mol. The highest BCUT2D eigenvalue weighted by Gasteiger charge is 2.55. The predicted octanol–water partition coefficient (Wildman–Crippen LogP) is 11.0. The van der Waals surface area contributed by atoms with Crippen LogP contribution in [0.5, 0.6) is 5.75 Å². The van der Waals surface area contributed by atoms with Crippen molar-refractivity contribution in [3.8, 4) is 5.75 Å². The van der Waals surface area contributed by atoms with Crippen molar-refractivity contribution >= 4 is 22.2 Å². The van der Waals surface area contributed by atoms with Crippen LogP contribution < -0.4 is 9.64 Å². The Bertz CT molecular complexity index is 2150. The lowest BCUT2D eigenvalue weighted by Gasteiger charge is -2.32. The lowest BCUT2D eigenvalue weighted by atomic mass is 9.66. The molecule has 2 aliphatic heterocycles. The normalized spacial score (nSPS) is 24.0.